The molecule has 0 unspecified atom stereocenters. The molecular formula is C10H14N4S. The van der Waals surface area contributed by atoms with Crippen molar-refractivity contribution in [3.8, 4) is 0 Å². The first kappa shape index (κ1) is 10.3. The van der Waals surface area contributed by atoms with Crippen LogP contribution in [0.25, 0.3) is 0 Å². The summed E-state index contributed by atoms with van der Waals surface area (Å²) in [5.41, 5.74) is 0. The third-order valence-electron chi connectivity index (χ3n) is 2.18. The molecule has 0 atom stereocenters. The van der Waals surface area contributed by atoms with Crippen LogP contribution in [0.3, 0.4) is 0 Å². The minimum absolute atomic E-state index is 0.891. The Morgan fingerprint density at radius 2 is 2.47 bits per heavy atom. The van der Waals surface area contributed by atoms with Gasteiger partial charge in [0.1, 0.15) is 12.7 Å². The average Bonchev–Trinajstić information content (AvgIpc) is 2.86. The predicted octanol–water partition coefficient (Wildman–Crippen LogP) is 1.47. The van der Waals surface area contributed by atoms with E-state index in [0.29, 0.717) is 0 Å². The molecule has 0 amide bonds. The zero-order chi connectivity index (χ0) is 10.5. The van der Waals surface area contributed by atoms with Gasteiger partial charge in [0.2, 0.25) is 0 Å². The number of thiophene rings is 1. The van der Waals surface area contributed by atoms with Crippen LogP contribution in [0.1, 0.15) is 4.88 Å². The van der Waals surface area contributed by atoms with Crippen molar-refractivity contribution in [2.45, 2.75) is 13.1 Å². The van der Waals surface area contributed by atoms with E-state index >= 15 is 0 Å². The van der Waals surface area contributed by atoms with Crippen LogP contribution in [0.4, 0.5) is 0 Å². The zero-order valence-corrected chi connectivity index (χ0v) is 9.52. The lowest BCUT2D eigenvalue weighted by molar-refractivity contribution is 0.307. The van der Waals surface area contributed by atoms with E-state index in [1.54, 1.807) is 24.0 Å². The summed E-state index contributed by atoms with van der Waals surface area (Å²) < 4.78 is 1.85. The fourth-order valence-electron chi connectivity index (χ4n) is 1.37. The summed E-state index contributed by atoms with van der Waals surface area (Å²) in [7, 11) is 2.12. The van der Waals surface area contributed by atoms with Gasteiger partial charge in [-0.1, -0.05) is 6.07 Å². The Labute approximate surface area is 93.2 Å². The molecule has 2 aromatic rings. The molecule has 0 aliphatic rings. The summed E-state index contributed by atoms with van der Waals surface area (Å²) in [5, 5.41) is 6.18. The highest BCUT2D eigenvalue weighted by Gasteiger charge is 2.01. The number of nitrogens with zero attached hydrogens (tertiary/aromatic N) is 4. The van der Waals surface area contributed by atoms with E-state index in [2.05, 4.69) is 39.5 Å². The fraction of sp³-hybridized carbons (Fsp3) is 0.400. The molecule has 0 aromatic carbocycles. The van der Waals surface area contributed by atoms with E-state index < -0.39 is 0 Å². The number of likely N-dealkylation sites (N-methyl/N-ethyl adjacent to an activating group) is 1. The zero-order valence-electron chi connectivity index (χ0n) is 8.71. The van der Waals surface area contributed by atoms with E-state index in [4.69, 9.17) is 0 Å². The van der Waals surface area contributed by atoms with Crippen molar-refractivity contribution in [3.63, 3.8) is 0 Å². The van der Waals surface area contributed by atoms with Crippen molar-refractivity contribution < 1.29 is 0 Å². The van der Waals surface area contributed by atoms with Crippen molar-refractivity contribution in [1.82, 2.24) is 19.7 Å². The number of rotatable bonds is 5. The first-order chi connectivity index (χ1) is 7.34. The molecule has 4 nitrogen and oxygen atoms in total. The summed E-state index contributed by atoms with van der Waals surface area (Å²) in [6.07, 6.45) is 3.32. The molecule has 0 radical (unpaired) electrons. The van der Waals surface area contributed by atoms with Gasteiger partial charge < -0.3 is 0 Å². The van der Waals surface area contributed by atoms with Crippen molar-refractivity contribution in [1.29, 1.82) is 0 Å². The smallest absolute Gasteiger partial charge is 0.137 e. The maximum Gasteiger partial charge on any atom is 0.137 e. The second-order valence-electron chi connectivity index (χ2n) is 3.48. The van der Waals surface area contributed by atoms with Gasteiger partial charge in [-0.05, 0) is 18.5 Å². The Balaban J connectivity index is 1.76. The molecule has 0 aliphatic heterocycles. The van der Waals surface area contributed by atoms with Crippen molar-refractivity contribution in [2.75, 3.05) is 13.6 Å². The Morgan fingerprint density at radius 1 is 1.53 bits per heavy atom. The van der Waals surface area contributed by atoms with Crippen LogP contribution >= 0.6 is 11.3 Å². The lowest BCUT2D eigenvalue weighted by Crippen LogP contribution is -2.22. The third kappa shape index (κ3) is 3.14. The average molecular weight is 222 g/mol. The summed E-state index contributed by atoms with van der Waals surface area (Å²) in [6, 6.07) is 4.25. The van der Waals surface area contributed by atoms with Gasteiger partial charge in [-0.2, -0.15) is 5.10 Å². The van der Waals surface area contributed by atoms with E-state index in [1.165, 1.54) is 4.88 Å². The normalized spacial score (nSPS) is 11.1. The molecule has 0 bridgehead atoms. The van der Waals surface area contributed by atoms with Crippen LogP contribution in [0.15, 0.2) is 30.2 Å². The van der Waals surface area contributed by atoms with Crippen LogP contribution < -0.4 is 0 Å². The second-order valence-corrected chi connectivity index (χ2v) is 4.51. The van der Waals surface area contributed by atoms with E-state index in [9.17, 15) is 0 Å². The van der Waals surface area contributed by atoms with Crippen LogP contribution in [0, 0.1) is 0 Å². The highest BCUT2D eigenvalue weighted by atomic mass is 32.1. The first-order valence-electron chi connectivity index (χ1n) is 4.88. The van der Waals surface area contributed by atoms with E-state index in [-0.39, 0.29) is 0 Å². The monoisotopic (exact) mass is 222 g/mol. The minimum Gasteiger partial charge on any atom is -0.299 e. The Morgan fingerprint density at radius 3 is 3.13 bits per heavy atom. The molecule has 15 heavy (non-hydrogen) atoms. The number of aromatic nitrogens is 3. The van der Waals surface area contributed by atoms with Gasteiger partial charge in [0, 0.05) is 18.0 Å². The van der Waals surface area contributed by atoms with Gasteiger partial charge in [-0.15, -0.1) is 11.3 Å². The van der Waals surface area contributed by atoms with Crippen molar-refractivity contribution >= 4 is 11.3 Å². The van der Waals surface area contributed by atoms with Gasteiger partial charge >= 0.3 is 0 Å². The van der Waals surface area contributed by atoms with Crippen molar-refractivity contribution in [2.24, 2.45) is 0 Å². The summed E-state index contributed by atoms with van der Waals surface area (Å²) in [4.78, 5) is 7.60. The minimum atomic E-state index is 0.891. The highest BCUT2D eigenvalue weighted by Crippen LogP contribution is 2.10. The molecule has 2 heterocycles. The van der Waals surface area contributed by atoms with Crippen LogP contribution in [-0.4, -0.2) is 33.3 Å². The molecule has 5 heteroatoms. The summed E-state index contributed by atoms with van der Waals surface area (Å²) >= 11 is 1.80. The van der Waals surface area contributed by atoms with Gasteiger partial charge in [0.25, 0.3) is 0 Å². The van der Waals surface area contributed by atoms with E-state index in [1.807, 2.05) is 4.68 Å². The van der Waals surface area contributed by atoms with Crippen molar-refractivity contribution in [3.05, 3.63) is 35.0 Å². The summed E-state index contributed by atoms with van der Waals surface area (Å²) in [6.45, 7) is 2.88. The molecule has 2 aromatic heterocycles. The first-order valence-corrected chi connectivity index (χ1v) is 5.76. The van der Waals surface area contributed by atoms with Gasteiger partial charge in [-0.25, -0.2) is 4.98 Å². The largest absolute Gasteiger partial charge is 0.299 e. The fourth-order valence-corrected chi connectivity index (χ4v) is 2.15. The quantitative estimate of drug-likeness (QED) is 0.768. The van der Waals surface area contributed by atoms with Crippen LogP contribution in [-0.2, 0) is 13.1 Å². The molecule has 0 spiro atoms. The SMILES string of the molecule is CN(CCn1cncn1)Cc1cccs1. The maximum atomic E-state index is 4.07. The Bertz CT molecular complexity index is 368. The van der Waals surface area contributed by atoms with Crippen LogP contribution in [0.5, 0.6) is 0 Å². The van der Waals surface area contributed by atoms with Crippen LogP contribution in [0.2, 0.25) is 0 Å². The maximum absolute atomic E-state index is 4.07. The number of hydrogen-bond donors (Lipinski definition) is 0. The molecule has 0 saturated heterocycles. The number of hydrogen-bond acceptors (Lipinski definition) is 4. The summed E-state index contributed by atoms with van der Waals surface area (Å²) in [5.74, 6) is 0. The Kier molecular flexibility index (Phi) is 3.47. The third-order valence-corrected chi connectivity index (χ3v) is 3.04. The Hall–Kier alpha value is -1.20. The molecule has 2 rings (SSSR count). The highest BCUT2D eigenvalue weighted by molar-refractivity contribution is 7.09. The van der Waals surface area contributed by atoms with Gasteiger partial charge in [0.15, 0.2) is 0 Å². The lowest BCUT2D eigenvalue weighted by Gasteiger charge is -2.14. The molecular weight excluding hydrogens is 208 g/mol. The molecule has 0 fully saturated rings. The predicted molar refractivity (Wildman–Crippen MR) is 60.7 cm³/mol. The lowest BCUT2D eigenvalue weighted by atomic mass is 10.4. The molecule has 0 saturated carbocycles. The molecule has 0 aliphatic carbocycles. The second kappa shape index (κ2) is 5.04. The van der Waals surface area contributed by atoms with Gasteiger partial charge in [-0.3, -0.25) is 9.58 Å². The standard InChI is InChI=1S/C10H14N4S/c1-13(7-10-3-2-6-15-10)4-5-14-9-11-8-12-14/h2-3,6,8-9H,4-5,7H2,1H3. The van der Waals surface area contributed by atoms with Gasteiger partial charge in [0.05, 0.1) is 6.54 Å². The molecule has 80 valence electrons. The molecule has 0 N–H and O–H groups in total. The van der Waals surface area contributed by atoms with E-state index in [0.717, 1.165) is 19.6 Å². The topological polar surface area (TPSA) is 34.0 Å².